The molecule has 0 bridgehead atoms. The number of hydrogen-bond acceptors (Lipinski definition) is 1. The first-order valence-corrected chi connectivity index (χ1v) is 4.11. The topological polar surface area (TPSA) is 28.7 Å². The largest absolute Gasteiger partial charge is 0.416 e. The summed E-state index contributed by atoms with van der Waals surface area (Å²) in [6, 6.07) is 1.29. The van der Waals surface area contributed by atoms with Gasteiger partial charge < -0.3 is 4.98 Å². The monoisotopic (exact) mass is 218 g/mol. The average Bonchev–Trinajstić information content (AvgIpc) is 2.44. The number of benzene rings is 1. The van der Waals surface area contributed by atoms with Crippen LogP contribution in [-0.2, 0) is 6.18 Å². The predicted molar refractivity (Wildman–Crippen MR) is 45.8 cm³/mol. The molecule has 2 aromatic rings. The van der Waals surface area contributed by atoms with Crippen LogP contribution in [0.25, 0.3) is 11.0 Å². The van der Waals surface area contributed by atoms with Gasteiger partial charge in [0.15, 0.2) is 5.82 Å². The van der Waals surface area contributed by atoms with E-state index < -0.39 is 17.6 Å². The number of imidazole rings is 1. The third-order valence-corrected chi connectivity index (χ3v) is 1.99. The molecule has 0 spiro atoms. The molecule has 0 fully saturated rings. The van der Waals surface area contributed by atoms with Crippen molar-refractivity contribution in [1.29, 1.82) is 0 Å². The minimum Gasteiger partial charge on any atom is -0.342 e. The number of nitrogens with zero attached hydrogens (tertiary/aromatic N) is 1. The molecular formula is C9H6F4N2. The normalized spacial score (nSPS) is 12.3. The Labute approximate surface area is 81.9 Å². The minimum absolute atomic E-state index is 0.0554. The molecule has 6 heteroatoms. The maximum absolute atomic E-state index is 13.2. The molecule has 80 valence electrons. The molecule has 0 aliphatic heterocycles. The van der Waals surface area contributed by atoms with E-state index in [-0.39, 0.29) is 11.0 Å². The fourth-order valence-electron chi connectivity index (χ4n) is 1.36. The number of alkyl halides is 3. The van der Waals surface area contributed by atoms with Crippen LogP contribution in [0.4, 0.5) is 17.6 Å². The lowest BCUT2D eigenvalue weighted by Crippen LogP contribution is -2.05. The fraction of sp³-hybridized carbons (Fsp3) is 0.222. The predicted octanol–water partition coefficient (Wildman–Crippen LogP) is 3.03. The van der Waals surface area contributed by atoms with E-state index >= 15 is 0 Å². The van der Waals surface area contributed by atoms with Gasteiger partial charge in [-0.05, 0) is 19.1 Å². The van der Waals surface area contributed by atoms with E-state index in [0.717, 1.165) is 6.07 Å². The average molecular weight is 218 g/mol. The third kappa shape index (κ3) is 1.67. The lowest BCUT2D eigenvalue weighted by molar-refractivity contribution is -0.137. The molecule has 2 rings (SSSR count). The molecule has 1 N–H and O–H groups in total. The molecule has 1 aromatic carbocycles. The first-order valence-electron chi connectivity index (χ1n) is 4.11. The van der Waals surface area contributed by atoms with E-state index in [1.165, 1.54) is 0 Å². The highest BCUT2D eigenvalue weighted by atomic mass is 19.4. The van der Waals surface area contributed by atoms with Gasteiger partial charge >= 0.3 is 6.18 Å². The van der Waals surface area contributed by atoms with E-state index in [1.807, 2.05) is 0 Å². The molecular weight excluding hydrogens is 212 g/mol. The van der Waals surface area contributed by atoms with E-state index in [9.17, 15) is 17.6 Å². The van der Waals surface area contributed by atoms with Crippen LogP contribution in [0.5, 0.6) is 0 Å². The van der Waals surface area contributed by atoms with Gasteiger partial charge in [0, 0.05) is 0 Å². The quantitative estimate of drug-likeness (QED) is 0.676. The fourth-order valence-corrected chi connectivity index (χ4v) is 1.36. The van der Waals surface area contributed by atoms with E-state index in [4.69, 9.17) is 0 Å². The van der Waals surface area contributed by atoms with E-state index in [1.54, 1.807) is 6.92 Å². The van der Waals surface area contributed by atoms with Crippen molar-refractivity contribution in [3.63, 3.8) is 0 Å². The SMILES string of the molecule is Cc1nc2c(F)cc(C(F)(F)F)cc2[nH]1. The Hall–Kier alpha value is -1.59. The Morgan fingerprint density at radius 3 is 2.53 bits per heavy atom. The van der Waals surface area contributed by atoms with Crippen LogP contribution in [0.1, 0.15) is 11.4 Å². The van der Waals surface area contributed by atoms with Crippen molar-refractivity contribution >= 4 is 11.0 Å². The molecule has 0 saturated heterocycles. The lowest BCUT2D eigenvalue weighted by atomic mass is 10.2. The molecule has 1 heterocycles. The number of H-pyrrole nitrogens is 1. The van der Waals surface area contributed by atoms with Crippen molar-refractivity contribution in [2.24, 2.45) is 0 Å². The van der Waals surface area contributed by atoms with E-state index in [0.29, 0.717) is 11.9 Å². The Balaban J connectivity index is 2.72. The highest BCUT2D eigenvalue weighted by molar-refractivity contribution is 5.76. The van der Waals surface area contributed by atoms with Crippen molar-refractivity contribution in [1.82, 2.24) is 9.97 Å². The number of rotatable bonds is 0. The van der Waals surface area contributed by atoms with Crippen molar-refractivity contribution in [3.05, 3.63) is 29.3 Å². The first-order chi connectivity index (χ1) is 6.88. The van der Waals surface area contributed by atoms with Crippen LogP contribution < -0.4 is 0 Å². The van der Waals surface area contributed by atoms with Crippen LogP contribution in [0.15, 0.2) is 12.1 Å². The van der Waals surface area contributed by atoms with Crippen molar-refractivity contribution < 1.29 is 17.6 Å². The molecule has 0 aliphatic carbocycles. The van der Waals surface area contributed by atoms with Crippen LogP contribution >= 0.6 is 0 Å². The highest BCUT2D eigenvalue weighted by Gasteiger charge is 2.31. The van der Waals surface area contributed by atoms with Gasteiger partial charge in [-0.1, -0.05) is 0 Å². The Kier molecular flexibility index (Phi) is 1.95. The maximum atomic E-state index is 13.2. The van der Waals surface area contributed by atoms with Gasteiger partial charge in [-0.3, -0.25) is 0 Å². The standard InChI is InChI=1S/C9H6F4N2/c1-4-14-7-3-5(9(11,12)13)2-6(10)8(7)15-4/h2-3H,1H3,(H,14,15). The molecule has 15 heavy (non-hydrogen) atoms. The number of aryl methyl sites for hydroxylation is 1. The summed E-state index contributed by atoms with van der Waals surface area (Å²) in [5.74, 6) is -0.590. The number of aromatic nitrogens is 2. The van der Waals surface area contributed by atoms with Crippen molar-refractivity contribution in [3.8, 4) is 0 Å². The molecule has 0 radical (unpaired) electrons. The Morgan fingerprint density at radius 1 is 1.27 bits per heavy atom. The van der Waals surface area contributed by atoms with Crippen LogP contribution in [0, 0.1) is 12.7 Å². The number of aromatic amines is 1. The molecule has 0 aliphatic rings. The zero-order chi connectivity index (χ0) is 11.2. The molecule has 1 aromatic heterocycles. The molecule has 2 nitrogen and oxygen atoms in total. The third-order valence-electron chi connectivity index (χ3n) is 1.99. The van der Waals surface area contributed by atoms with E-state index in [2.05, 4.69) is 9.97 Å². The maximum Gasteiger partial charge on any atom is 0.416 e. The van der Waals surface area contributed by atoms with Gasteiger partial charge in [0.1, 0.15) is 11.3 Å². The second-order valence-corrected chi connectivity index (χ2v) is 3.17. The summed E-state index contributed by atoms with van der Waals surface area (Å²) in [5, 5.41) is 0. The summed E-state index contributed by atoms with van der Waals surface area (Å²) in [7, 11) is 0. The Bertz CT molecular complexity index is 513. The minimum atomic E-state index is -4.55. The van der Waals surface area contributed by atoms with Gasteiger partial charge in [-0.15, -0.1) is 0 Å². The zero-order valence-corrected chi connectivity index (χ0v) is 7.61. The molecule has 0 saturated carbocycles. The lowest BCUT2D eigenvalue weighted by Gasteiger charge is -2.06. The van der Waals surface area contributed by atoms with Gasteiger partial charge in [0.25, 0.3) is 0 Å². The summed E-state index contributed by atoms with van der Waals surface area (Å²) in [4.78, 5) is 6.30. The van der Waals surface area contributed by atoms with Gasteiger partial charge in [-0.2, -0.15) is 13.2 Å². The summed E-state index contributed by atoms with van der Waals surface area (Å²) >= 11 is 0. The molecule has 0 atom stereocenters. The van der Waals surface area contributed by atoms with Crippen LogP contribution in [-0.4, -0.2) is 9.97 Å². The number of halogens is 4. The second-order valence-electron chi connectivity index (χ2n) is 3.17. The first kappa shape index (κ1) is 9.95. The molecule has 0 unspecified atom stereocenters. The summed E-state index contributed by atoms with van der Waals surface area (Å²) in [6.07, 6.45) is -4.55. The van der Waals surface area contributed by atoms with Gasteiger partial charge in [0.05, 0.1) is 11.1 Å². The van der Waals surface area contributed by atoms with Gasteiger partial charge in [0.2, 0.25) is 0 Å². The highest BCUT2D eigenvalue weighted by Crippen LogP contribution is 2.32. The van der Waals surface area contributed by atoms with Crippen LogP contribution in [0.3, 0.4) is 0 Å². The molecule has 0 amide bonds. The number of hydrogen-bond donors (Lipinski definition) is 1. The van der Waals surface area contributed by atoms with Gasteiger partial charge in [-0.25, -0.2) is 9.37 Å². The summed E-state index contributed by atoms with van der Waals surface area (Å²) in [5.41, 5.74) is -1.03. The Morgan fingerprint density at radius 2 is 1.93 bits per heavy atom. The summed E-state index contributed by atoms with van der Waals surface area (Å²) in [6.45, 7) is 1.55. The summed E-state index contributed by atoms with van der Waals surface area (Å²) < 4.78 is 50.1. The van der Waals surface area contributed by atoms with Crippen LogP contribution in [0.2, 0.25) is 0 Å². The van der Waals surface area contributed by atoms with Crippen molar-refractivity contribution in [2.45, 2.75) is 13.1 Å². The smallest absolute Gasteiger partial charge is 0.342 e. The second kappa shape index (κ2) is 2.95. The number of nitrogens with one attached hydrogen (secondary N) is 1. The zero-order valence-electron chi connectivity index (χ0n) is 7.61. The van der Waals surface area contributed by atoms with Crippen molar-refractivity contribution in [2.75, 3.05) is 0 Å². The number of fused-ring (bicyclic) bond motifs is 1.